The minimum Gasteiger partial charge on any atom is -0.394 e. The zero-order valence-electron chi connectivity index (χ0n) is 34.9. The summed E-state index contributed by atoms with van der Waals surface area (Å²) in [6.07, 6.45) is 67.4. The van der Waals surface area contributed by atoms with E-state index in [1.54, 1.807) is 0 Å². The van der Waals surface area contributed by atoms with Gasteiger partial charge in [-0.3, -0.25) is 4.79 Å². The van der Waals surface area contributed by atoms with Gasteiger partial charge in [-0.05, 0) is 83.5 Å². The SMILES string of the molecule is CC/C=C\C/C=C\C/C=C\C/C=C\C/C=C\C/C=C\C/C=C\C/C=C\C/C=C\CCCCCCCC(=O)NC(CO)C(O)CCCCCCCCCCC. The number of aliphatic hydroxyl groups is 2. The van der Waals surface area contributed by atoms with Gasteiger partial charge in [0.25, 0.3) is 0 Å². The lowest BCUT2D eigenvalue weighted by Gasteiger charge is -2.22. The molecule has 54 heavy (non-hydrogen) atoms. The van der Waals surface area contributed by atoms with Gasteiger partial charge in [0.05, 0.1) is 18.8 Å². The van der Waals surface area contributed by atoms with Crippen LogP contribution in [0.4, 0.5) is 0 Å². The molecule has 0 rings (SSSR count). The third-order valence-corrected chi connectivity index (χ3v) is 9.30. The summed E-state index contributed by atoms with van der Waals surface area (Å²) in [5.74, 6) is -0.0588. The van der Waals surface area contributed by atoms with Crippen LogP contribution in [-0.4, -0.2) is 34.9 Å². The first-order chi connectivity index (χ1) is 26.7. The molecule has 0 saturated carbocycles. The van der Waals surface area contributed by atoms with Crippen LogP contribution in [0, 0.1) is 0 Å². The molecule has 0 spiro atoms. The quantitative estimate of drug-likeness (QED) is 0.0435. The number of hydrogen-bond acceptors (Lipinski definition) is 3. The third-order valence-electron chi connectivity index (χ3n) is 9.30. The van der Waals surface area contributed by atoms with Crippen molar-refractivity contribution in [2.45, 2.75) is 193 Å². The van der Waals surface area contributed by atoms with Crippen LogP contribution in [0.1, 0.15) is 181 Å². The first kappa shape index (κ1) is 51.0. The number of hydrogen-bond donors (Lipinski definition) is 3. The van der Waals surface area contributed by atoms with E-state index in [-0.39, 0.29) is 12.5 Å². The van der Waals surface area contributed by atoms with Crippen LogP contribution < -0.4 is 5.32 Å². The number of aliphatic hydroxyl groups excluding tert-OH is 2. The molecule has 0 radical (unpaired) electrons. The fourth-order valence-electron chi connectivity index (χ4n) is 5.94. The molecule has 0 aliphatic heterocycles. The van der Waals surface area contributed by atoms with Crippen molar-refractivity contribution in [2.24, 2.45) is 0 Å². The highest BCUT2D eigenvalue weighted by atomic mass is 16.3. The molecule has 0 saturated heterocycles. The van der Waals surface area contributed by atoms with E-state index in [0.29, 0.717) is 12.8 Å². The van der Waals surface area contributed by atoms with Gasteiger partial charge in [0.2, 0.25) is 5.91 Å². The predicted octanol–water partition coefficient (Wildman–Crippen LogP) is 14.0. The lowest BCUT2D eigenvalue weighted by molar-refractivity contribution is -0.123. The van der Waals surface area contributed by atoms with E-state index >= 15 is 0 Å². The van der Waals surface area contributed by atoms with E-state index < -0.39 is 12.1 Å². The van der Waals surface area contributed by atoms with Crippen molar-refractivity contribution in [3.8, 4) is 0 Å². The maximum atomic E-state index is 12.3. The van der Waals surface area contributed by atoms with Crippen molar-refractivity contribution in [3.05, 3.63) is 109 Å². The van der Waals surface area contributed by atoms with Crippen LogP contribution in [0.25, 0.3) is 0 Å². The van der Waals surface area contributed by atoms with Crippen molar-refractivity contribution in [1.29, 1.82) is 0 Å². The van der Waals surface area contributed by atoms with Crippen molar-refractivity contribution < 1.29 is 15.0 Å². The van der Waals surface area contributed by atoms with E-state index in [2.05, 4.69) is 129 Å². The Balaban J connectivity index is 3.67. The van der Waals surface area contributed by atoms with Crippen LogP contribution in [-0.2, 0) is 4.79 Å². The first-order valence-corrected chi connectivity index (χ1v) is 22.1. The average molecular weight is 746 g/mol. The molecule has 306 valence electrons. The number of rotatable bonds is 38. The van der Waals surface area contributed by atoms with Crippen molar-refractivity contribution in [2.75, 3.05) is 6.61 Å². The number of carbonyl (C=O) groups is 1. The summed E-state index contributed by atoms with van der Waals surface area (Å²) >= 11 is 0. The Kier molecular flexibility index (Phi) is 42.0. The van der Waals surface area contributed by atoms with Crippen LogP contribution >= 0.6 is 0 Å². The standard InChI is InChI=1S/C50H83NO3/c1-3-5-7-9-11-13-14-15-16-17-18-19-20-21-22-23-24-25-26-27-28-29-30-31-32-33-34-35-36-38-40-42-44-46-50(54)51-48(47-52)49(53)45-43-41-39-37-12-10-8-6-4-2/h5,7,11,13,15-16,18-19,21-22,24-25,27-28,30-31,33-34,48-49,52-53H,3-4,6,8-10,12,14,17,20,23,26,29,32,35-47H2,1-2H3,(H,51,54)/b7-5-,13-11-,16-15-,19-18-,22-21-,25-24-,28-27-,31-30-,34-33-. The number of carbonyl (C=O) groups excluding carboxylic acids is 1. The monoisotopic (exact) mass is 746 g/mol. The summed E-state index contributed by atoms with van der Waals surface area (Å²) in [7, 11) is 0. The molecule has 0 bridgehead atoms. The van der Waals surface area contributed by atoms with Gasteiger partial charge in [0, 0.05) is 6.42 Å². The van der Waals surface area contributed by atoms with Gasteiger partial charge >= 0.3 is 0 Å². The van der Waals surface area contributed by atoms with Crippen molar-refractivity contribution in [3.63, 3.8) is 0 Å². The highest BCUT2D eigenvalue weighted by Crippen LogP contribution is 2.13. The Morgan fingerprint density at radius 3 is 1.22 bits per heavy atom. The highest BCUT2D eigenvalue weighted by molar-refractivity contribution is 5.76. The second-order valence-corrected chi connectivity index (χ2v) is 14.4. The van der Waals surface area contributed by atoms with Gasteiger partial charge in [-0.1, -0.05) is 200 Å². The summed E-state index contributed by atoms with van der Waals surface area (Å²) < 4.78 is 0. The topological polar surface area (TPSA) is 69.6 Å². The molecule has 0 fully saturated rings. The fraction of sp³-hybridized carbons (Fsp3) is 0.620. The largest absolute Gasteiger partial charge is 0.394 e. The minimum absolute atomic E-state index is 0.0588. The Labute approximate surface area is 334 Å². The van der Waals surface area contributed by atoms with Gasteiger partial charge in [-0.2, -0.15) is 0 Å². The van der Waals surface area contributed by atoms with Crippen LogP contribution in [0.2, 0.25) is 0 Å². The van der Waals surface area contributed by atoms with Crippen molar-refractivity contribution >= 4 is 5.91 Å². The van der Waals surface area contributed by atoms with Gasteiger partial charge in [0.15, 0.2) is 0 Å². The van der Waals surface area contributed by atoms with Crippen LogP contribution in [0.5, 0.6) is 0 Å². The number of unbranched alkanes of at least 4 members (excludes halogenated alkanes) is 13. The molecule has 0 aliphatic carbocycles. The zero-order chi connectivity index (χ0) is 39.3. The average Bonchev–Trinajstić information content (AvgIpc) is 3.18. The van der Waals surface area contributed by atoms with Gasteiger partial charge in [0.1, 0.15) is 0 Å². The predicted molar refractivity (Wildman–Crippen MR) is 239 cm³/mol. The number of nitrogens with one attached hydrogen (secondary N) is 1. The molecule has 0 aromatic heterocycles. The molecular formula is C50H83NO3. The summed E-state index contributed by atoms with van der Waals surface area (Å²) in [6.45, 7) is 4.19. The molecule has 2 unspecified atom stereocenters. The Hall–Kier alpha value is -2.95. The molecule has 4 heteroatoms. The number of amides is 1. The fourth-order valence-corrected chi connectivity index (χ4v) is 5.94. The van der Waals surface area contributed by atoms with E-state index in [1.165, 1.54) is 57.8 Å². The lowest BCUT2D eigenvalue weighted by atomic mass is 10.0. The molecule has 1 amide bonds. The molecule has 2 atom stereocenters. The molecule has 4 nitrogen and oxygen atoms in total. The summed E-state index contributed by atoms with van der Waals surface area (Å²) in [6, 6.07) is -0.552. The Bertz CT molecular complexity index is 1070. The second kappa shape index (κ2) is 44.4. The lowest BCUT2D eigenvalue weighted by Crippen LogP contribution is -2.45. The highest BCUT2D eigenvalue weighted by Gasteiger charge is 2.19. The minimum atomic E-state index is -0.673. The van der Waals surface area contributed by atoms with Gasteiger partial charge in [-0.15, -0.1) is 0 Å². The van der Waals surface area contributed by atoms with Crippen LogP contribution in [0.3, 0.4) is 0 Å². The molecule has 3 N–H and O–H groups in total. The van der Waals surface area contributed by atoms with Crippen LogP contribution in [0.15, 0.2) is 109 Å². The summed E-state index contributed by atoms with van der Waals surface area (Å²) in [5, 5.41) is 23.0. The molecule has 0 aromatic rings. The van der Waals surface area contributed by atoms with E-state index in [9.17, 15) is 15.0 Å². The van der Waals surface area contributed by atoms with E-state index in [0.717, 1.165) is 96.3 Å². The molecule has 0 aromatic carbocycles. The van der Waals surface area contributed by atoms with E-state index in [4.69, 9.17) is 0 Å². The maximum Gasteiger partial charge on any atom is 0.220 e. The summed E-state index contributed by atoms with van der Waals surface area (Å²) in [5.41, 5.74) is 0. The number of allylic oxidation sites excluding steroid dienone is 18. The van der Waals surface area contributed by atoms with Gasteiger partial charge < -0.3 is 15.5 Å². The first-order valence-electron chi connectivity index (χ1n) is 22.1. The Morgan fingerprint density at radius 2 is 0.815 bits per heavy atom. The second-order valence-electron chi connectivity index (χ2n) is 14.4. The third kappa shape index (κ3) is 40.2. The van der Waals surface area contributed by atoms with E-state index in [1.807, 2.05) is 0 Å². The molecular weight excluding hydrogens is 663 g/mol. The maximum absolute atomic E-state index is 12.3. The smallest absolute Gasteiger partial charge is 0.220 e. The molecule has 0 heterocycles. The molecule has 0 aliphatic rings. The summed E-state index contributed by atoms with van der Waals surface area (Å²) in [4.78, 5) is 12.3. The van der Waals surface area contributed by atoms with Crippen molar-refractivity contribution in [1.82, 2.24) is 5.32 Å². The van der Waals surface area contributed by atoms with Gasteiger partial charge in [-0.25, -0.2) is 0 Å². The normalized spacial score (nSPS) is 14.1. The zero-order valence-corrected chi connectivity index (χ0v) is 34.9. The Morgan fingerprint density at radius 1 is 0.463 bits per heavy atom.